The van der Waals surface area contributed by atoms with Gasteiger partial charge in [-0.15, -0.1) is 0 Å². The second-order valence-electron chi connectivity index (χ2n) is 3.23. The molecule has 0 unspecified atom stereocenters. The van der Waals surface area contributed by atoms with E-state index in [1.165, 1.54) is 5.56 Å². The van der Waals surface area contributed by atoms with Gasteiger partial charge in [0.15, 0.2) is 0 Å². The first-order chi connectivity index (χ1) is 6.29. The van der Waals surface area contributed by atoms with Crippen LogP contribution in [0.2, 0.25) is 0 Å². The van der Waals surface area contributed by atoms with Gasteiger partial charge in [0.2, 0.25) is 5.91 Å². The molecule has 0 aliphatic carbocycles. The zero-order valence-electron chi connectivity index (χ0n) is 7.34. The van der Waals surface area contributed by atoms with Crippen LogP contribution in [0.1, 0.15) is 21.5 Å². The summed E-state index contributed by atoms with van der Waals surface area (Å²) >= 11 is 0. The lowest BCUT2D eigenvalue weighted by Crippen LogP contribution is -2.27. The van der Waals surface area contributed by atoms with Crippen molar-refractivity contribution in [3.8, 4) is 0 Å². The quantitative estimate of drug-likeness (QED) is 0.652. The zero-order valence-corrected chi connectivity index (χ0v) is 7.34. The Labute approximate surface area is 76.9 Å². The number of nitrogens with one attached hydrogen (secondary N) is 1. The predicted molar refractivity (Wildman–Crippen MR) is 50.4 cm³/mol. The standard InChI is InChI=1S/C10H12N2O/c11-10(13)8-3-1-2-7-4-5-12-6-9(7)8/h1-3,12H,4-6H2,(H2,11,13). The van der Waals surface area contributed by atoms with Crippen LogP contribution >= 0.6 is 0 Å². The molecule has 3 N–H and O–H groups in total. The minimum atomic E-state index is -0.333. The lowest BCUT2D eigenvalue weighted by atomic mass is 9.96. The Balaban J connectivity index is 2.52. The summed E-state index contributed by atoms with van der Waals surface area (Å²) in [6.45, 7) is 1.74. The fraction of sp³-hybridized carbons (Fsp3) is 0.300. The highest BCUT2D eigenvalue weighted by molar-refractivity contribution is 5.94. The molecule has 3 nitrogen and oxygen atoms in total. The molecule has 1 aliphatic heterocycles. The van der Waals surface area contributed by atoms with Crippen molar-refractivity contribution in [2.75, 3.05) is 6.54 Å². The van der Waals surface area contributed by atoms with Crippen LogP contribution in [0.25, 0.3) is 0 Å². The number of carbonyl (C=O) groups excluding carboxylic acids is 1. The summed E-state index contributed by atoms with van der Waals surface area (Å²) in [4.78, 5) is 11.1. The molecule has 1 aromatic carbocycles. The lowest BCUT2D eigenvalue weighted by molar-refractivity contribution is 0.0999. The Kier molecular flexibility index (Phi) is 2.02. The Bertz CT molecular complexity index is 347. The Morgan fingerprint density at radius 2 is 2.31 bits per heavy atom. The van der Waals surface area contributed by atoms with Gasteiger partial charge in [0.25, 0.3) is 0 Å². The maximum atomic E-state index is 11.1. The summed E-state index contributed by atoms with van der Waals surface area (Å²) in [6.07, 6.45) is 0.983. The number of rotatable bonds is 1. The first-order valence-electron chi connectivity index (χ1n) is 4.40. The third kappa shape index (κ3) is 1.42. The van der Waals surface area contributed by atoms with Crippen molar-refractivity contribution in [2.24, 2.45) is 5.73 Å². The minimum absolute atomic E-state index is 0.333. The largest absolute Gasteiger partial charge is 0.366 e. The number of hydrogen-bond donors (Lipinski definition) is 2. The molecule has 1 amide bonds. The zero-order chi connectivity index (χ0) is 9.26. The molecule has 0 spiro atoms. The van der Waals surface area contributed by atoms with E-state index < -0.39 is 0 Å². The van der Waals surface area contributed by atoms with Crippen molar-refractivity contribution in [3.05, 3.63) is 34.9 Å². The molecule has 1 aromatic rings. The van der Waals surface area contributed by atoms with Gasteiger partial charge in [-0.2, -0.15) is 0 Å². The lowest BCUT2D eigenvalue weighted by Gasteiger charge is -2.18. The van der Waals surface area contributed by atoms with Gasteiger partial charge >= 0.3 is 0 Å². The second-order valence-corrected chi connectivity index (χ2v) is 3.23. The van der Waals surface area contributed by atoms with E-state index in [1.807, 2.05) is 6.07 Å². The summed E-state index contributed by atoms with van der Waals surface area (Å²) in [5.41, 5.74) is 8.24. The predicted octanol–water partition coefficient (Wildman–Crippen LogP) is 0.431. The third-order valence-electron chi connectivity index (χ3n) is 2.41. The molecule has 68 valence electrons. The molecular formula is C10H12N2O. The molecule has 0 saturated heterocycles. The molecule has 0 fully saturated rings. The Hall–Kier alpha value is -1.35. The fourth-order valence-corrected chi connectivity index (χ4v) is 1.74. The van der Waals surface area contributed by atoms with Gasteiger partial charge in [-0.1, -0.05) is 12.1 Å². The third-order valence-corrected chi connectivity index (χ3v) is 2.41. The van der Waals surface area contributed by atoms with Gasteiger partial charge < -0.3 is 11.1 Å². The first-order valence-corrected chi connectivity index (χ1v) is 4.40. The van der Waals surface area contributed by atoms with E-state index >= 15 is 0 Å². The van der Waals surface area contributed by atoms with Crippen LogP contribution in [0.15, 0.2) is 18.2 Å². The first kappa shape index (κ1) is 8.26. The normalized spacial score (nSPS) is 15.1. The molecule has 2 rings (SSSR count). The van der Waals surface area contributed by atoms with E-state index in [-0.39, 0.29) is 5.91 Å². The monoisotopic (exact) mass is 176 g/mol. The molecule has 0 bridgehead atoms. The van der Waals surface area contributed by atoms with Gasteiger partial charge in [0.05, 0.1) is 0 Å². The molecule has 1 heterocycles. The minimum Gasteiger partial charge on any atom is -0.366 e. The van der Waals surface area contributed by atoms with E-state index in [4.69, 9.17) is 5.73 Å². The summed E-state index contributed by atoms with van der Waals surface area (Å²) < 4.78 is 0. The summed E-state index contributed by atoms with van der Waals surface area (Å²) in [5.74, 6) is -0.333. The molecule has 0 atom stereocenters. The molecule has 13 heavy (non-hydrogen) atoms. The number of primary amides is 1. The molecule has 1 aliphatic rings. The number of hydrogen-bond acceptors (Lipinski definition) is 2. The van der Waals surface area contributed by atoms with Crippen LogP contribution in [0.4, 0.5) is 0 Å². The highest BCUT2D eigenvalue weighted by Crippen LogP contribution is 2.17. The van der Waals surface area contributed by atoms with Crippen LogP contribution in [-0.4, -0.2) is 12.5 Å². The Morgan fingerprint density at radius 1 is 1.46 bits per heavy atom. The Morgan fingerprint density at radius 3 is 3.08 bits per heavy atom. The van der Waals surface area contributed by atoms with Crippen molar-refractivity contribution in [3.63, 3.8) is 0 Å². The van der Waals surface area contributed by atoms with Crippen molar-refractivity contribution >= 4 is 5.91 Å². The van der Waals surface area contributed by atoms with Crippen molar-refractivity contribution in [1.82, 2.24) is 5.32 Å². The number of fused-ring (bicyclic) bond motifs is 1. The SMILES string of the molecule is NC(=O)c1cccc2c1CNCC2. The van der Waals surface area contributed by atoms with E-state index in [0.717, 1.165) is 25.1 Å². The molecule has 0 radical (unpaired) electrons. The van der Waals surface area contributed by atoms with Gasteiger partial charge in [-0.3, -0.25) is 4.79 Å². The summed E-state index contributed by atoms with van der Waals surface area (Å²) in [7, 11) is 0. The van der Waals surface area contributed by atoms with Crippen LogP contribution in [0.3, 0.4) is 0 Å². The van der Waals surface area contributed by atoms with Gasteiger partial charge in [-0.25, -0.2) is 0 Å². The average molecular weight is 176 g/mol. The maximum Gasteiger partial charge on any atom is 0.249 e. The van der Waals surface area contributed by atoms with E-state index in [9.17, 15) is 4.79 Å². The van der Waals surface area contributed by atoms with Crippen molar-refractivity contribution in [1.29, 1.82) is 0 Å². The van der Waals surface area contributed by atoms with Gasteiger partial charge in [0, 0.05) is 12.1 Å². The second kappa shape index (κ2) is 3.18. The molecule has 3 heteroatoms. The number of carbonyl (C=O) groups is 1. The number of benzene rings is 1. The summed E-state index contributed by atoms with van der Waals surface area (Å²) in [6, 6.07) is 5.74. The van der Waals surface area contributed by atoms with Gasteiger partial charge in [0.1, 0.15) is 0 Å². The number of nitrogens with two attached hydrogens (primary N) is 1. The van der Waals surface area contributed by atoms with Crippen LogP contribution < -0.4 is 11.1 Å². The highest BCUT2D eigenvalue weighted by Gasteiger charge is 2.14. The molecule has 0 aromatic heterocycles. The van der Waals surface area contributed by atoms with E-state index in [0.29, 0.717) is 5.56 Å². The smallest absolute Gasteiger partial charge is 0.249 e. The topological polar surface area (TPSA) is 55.1 Å². The highest BCUT2D eigenvalue weighted by atomic mass is 16.1. The summed E-state index contributed by atoms with van der Waals surface area (Å²) in [5, 5.41) is 3.23. The van der Waals surface area contributed by atoms with E-state index in [1.54, 1.807) is 6.07 Å². The van der Waals surface area contributed by atoms with Crippen LogP contribution in [-0.2, 0) is 13.0 Å². The van der Waals surface area contributed by atoms with Crippen LogP contribution in [0, 0.1) is 0 Å². The molecule has 0 saturated carbocycles. The van der Waals surface area contributed by atoms with Crippen molar-refractivity contribution in [2.45, 2.75) is 13.0 Å². The number of amides is 1. The fourth-order valence-electron chi connectivity index (χ4n) is 1.74. The van der Waals surface area contributed by atoms with Crippen molar-refractivity contribution < 1.29 is 4.79 Å². The van der Waals surface area contributed by atoms with Gasteiger partial charge in [-0.05, 0) is 30.2 Å². The van der Waals surface area contributed by atoms with Crippen LogP contribution in [0.5, 0.6) is 0 Å². The maximum absolute atomic E-state index is 11.1. The molecular weight excluding hydrogens is 164 g/mol. The average Bonchev–Trinajstić information content (AvgIpc) is 2.17. The van der Waals surface area contributed by atoms with E-state index in [2.05, 4.69) is 11.4 Å².